The molecule has 3 nitrogen and oxygen atoms in total. The molecule has 90 valence electrons. The zero-order chi connectivity index (χ0) is 12.1. The summed E-state index contributed by atoms with van der Waals surface area (Å²) in [7, 11) is 5.74. The SMILES string of the molecule is COc1ccc(C[C@H](C)O)cc1CN(C)C. The first kappa shape index (κ1) is 13.0. The standard InChI is InChI=1S/C13H21NO2/c1-10(15)7-11-5-6-13(16-4)12(8-11)9-14(2)3/h5-6,8,10,15H,7,9H2,1-4H3/t10-/m0/s1. The summed E-state index contributed by atoms with van der Waals surface area (Å²) in [5, 5.41) is 9.36. The summed E-state index contributed by atoms with van der Waals surface area (Å²) in [6, 6.07) is 6.08. The zero-order valence-corrected chi connectivity index (χ0v) is 10.5. The summed E-state index contributed by atoms with van der Waals surface area (Å²) in [6.45, 7) is 2.65. The Labute approximate surface area is 97.7 Å². The lowest BCUT2D eigenvalue weighted by molar-refractivity contribution is 0.195. The molecule has 1 aromatic rings. The van der Waals surface area contributed by atoms with E-state index in [1.54, 1.807) is 14.0 Å². The van der Waals surface area contributed by atoms with Gasteiger partial charge in [0.1, 0.15) is 5.75 Å². The van der Waals surface area contributed by atoms with Gasteiger partial charge in [0.25, 0.3) is 0 Å². The van der Waals surface area contributed by atoms with Crippen molar-refractivity contribution in [2.75, 3.05) is 21.2 Å². The Kier molecular flexibility index (Phi) is 4.77. The largest absolute Gasteiger partial charge is 0.496 e. The van der Waals surface area contributed by atoms with Crippen LogP contribution in [0, 0.1) is 0 Å². The van der Waals surface area contributed by atoms with Gasteiger partial charge in [-0.3, -0.25) is 0 Å². The number of rotatable bonds is 5. The third kappa shape index (κ3) is 3.83. The van der Waals surface area contributed by atoms with Crippen molar-refractivity contribution >= 4 is 0 Å². The highest BCUT2D eigenvalue weighted by molar-refractivity contribution is 5.37. The molecule has 0 saturated heterocycles. The Hall–Kier alpha value is -1.06. The minimum atomic E-state index is -0.305. The van der Waals surface area contributed by atoms with Crippen LogP contribution in [0.15, 0.2) is 18.2 Å². The molecule has 0 amide bonds. The lowest BCUT2D eigenvalue weighted by Crippen LogP contribution is -2.12. The number of benzene rings is 1. The Balaban J connectivity index is 2.91. The molecular formula is C13H21NO2. The third-order valence-electron chi connectivity index (χ3n) is 2.36. The van der Waals surface area contributed by atoms with Gasteiger partial charge < -0.3 is 14.7 Å². The number of hydrogen-bond donors (Lipinski definition) is 1. The van der Waals surface area contributed by atoms with Crippen molar-refractivity contribution in [1.82, 2.24) is 4.90 Å². The van der Waals surface area contributed by atoms with Crippen LogP contribution < -0.4 is 4.74 Å². The van der Waals surface area contributed by atoms with Crippen molar-refractivity contribution in [1.29, 1.82) is 0 Å². The lowest BCUT2D eigenvalue weighted by Gasteiger charge is -2.15. The number of ether oxygens (including phenoxy) is 1. The highest BCUT2D eigenvalue weighted by Crippen LogP contribution is 2.21. The zero-order valence-electron chi connectivity index (χ0n) is 10.5. The molecule has 1 aromatic carbocycles. The minimum Gasteiger partial charge on any atom is -0.496 e. The molecule has 0 spiro atoms. The highest BCUT2D eigenvalue weighted by atomic mass is 16.5. The lowest BCUT2D eigenvalue weighted by atomic mass is 10.0. The first-order valence-electron chi connectivity index (χ1n) is 5.51. The van der Waals surface area contributed by atoms with Crippen LogP contribution in [-0.4, -0.2) is 37.3 Å². The van der Waals surface area contributed by atoms with E-state index in [0.29, 0.717) is 6.42 Å². The minimum absolute atomic E-state index is 0.305. The summed E-state index contributed by atoms with van der Waals surface area (Å²) < 4.78 is 5.32. The van der Waals surface area contributed by atoms with Crippen molar-refractivity contribution < 1.29 is 9.84 Å². The molecule has 0 aromatic heterocycles. The number of nitrogens with zero attached hydrogens (tertiary/aromatic N) is 1. The molecular weight excluding hydrogens is 202 g/mol. The highest BCUT2D eigenvalue weighted by Gasteiger charge is 2.07. The van der Waals surface area contributed by atoms with Gasteiger partial charge >= 0.3 is 0 Å². The summed E-state index contributed by atoms with van der Waals surface area (Å²) in [6.07, 6.45) is 0.380. The van der Waals surface area contributed by atoms with E-state index in [2.05, 4.69) is 11.0 Å². The molecule has 16 heavy (non-hydrogen) atoms. The van der Waals surface area contributed by atoms with Crippen LogP contribution in [-0.2, 0) is 13.0 Å². The van der Waals surface area contributed by atoms with Crippen LogP contribution in [0.4, 0.5) is 0 Å². The van der Waals surface area contributed by atoms with E-state index in [1.807, 2.05) is 26.2 Å². The van der Waals surface area contributed by atoms with Gasteiger partial charge in [0, 0.05) is 12.1 Å². The predicted octanol–water partition coefficient (Wildman–Crippen LogP) is 1.68. The molecule has 0 aliphatic rings. The normalized spacial score (nSPS) is 12.9. The quantitative estimate of drug-likeness (QED) is 0.824. The molecule has 0 heterocycles. The van der Waals surface area contributed by atoms with E-state index in [4.69, 9.17) is 4.74 Å². The molecule has 1 atom stereocenters. The van der Waals surface area contributed by atoms with Gasteiger partial charge in [-0.05, 0) is 39.1 Å². The molecule has 0 aliphatic carbocycles. The Morgan fingerprint density at radius 2 is 2.06 bits per heavy atom. The molecule has 1 N–H and O–H groups in total. The number of methoxy groups -OCH3 is 1. The second kappa shape index (κ2) is 5.87. The van der Waals surface area contributed by atoms with Crippen LogP contribution >= 0.6 is 0 Å². The summed E-state index contributed by atoms with van der Waals surface area (Å²) in [5.74, 6) is 0.906. The number of hydrogen-bond acceptors (Lipinski definition) is 3. The fourth-order valence-corrected chi connectivity index (χ4v) is 1.76. The van der Waals surface area contributed by atoms with Crippen LogP contribution in [0.1, 0.15) is 18.1 Å². The van der Waals surface area contributed by atoms with E-state index >= 15 is 0 Å². The number of aliphatic hydroxyl groups is 1. The van der Waals surface area contributed by atoms with Crippen LogP contribution in [0.5, 0.6) is 5.75 Å². The molecule has 1 rings (SSSR count). The molecule has 0 fully saturated rings. The summed E-state index contributed by atoms with van der Waals surface area (Å²) in [4.78, 5) is 2.10. The Bertz CT molecular complexity index is 335. The summed E-state index contributed by atoms with van der Waals surface area (Å²) >= 11 is 0. The smallest absolute Gasteiger partial charge is 0.123 e. The van der Waals surface area contributed by atoms with Crippen molar-refractivity contribution in [2.45, 2.75) is 26.0 Å². The maximum absolute atomic E-state index is 9.36. The maximum atomic E-state index is 9.36. The van der Waals surface area contributed by atoms with E-state index in [9.17, 15) is 5.11 Å². The molecule has 0 saturated carbocycles. The van der Waals surface area contributed by atoms with Crippen molar-refractivity contribution in [2.24, 2.45) is 0 Å². The van der Waals surface area contributed by atoms with Crippen molar-refractivity contribution in [3.8, 4) is 5.75 Å². The van der Waals surface area contributed by atoms with Gasteiger partial charge in [-0.2, -0.15) is 0 Å². The van der Waals surface area contributed by atoms with E-state index in [1.165, 1.54) is 0 Å². The van der Waals surface area contributed by atoms with Gasteiger partial charge in [0.05, 0.1) is 13.2 Å². The van der Waals surface area contributed by atoms with Gasteiger partial charge in [0.2, 0.25) is 0 Å². The first-order chi connectivity index (χ1) is 7.52. The van der Waals surface area contributed by atoms with Crippen LogP contribution in [0.3, 0.4) is 0 Å². The molecule has 0 aliphatic heterocycles. The Morgan fingerprint density at radius 3 is 2.56 bits per heavy atom. The van der Waals surface area contributed by atoms with Gasteiger partial charge in [-0.15, -0.1) is 0 Å². The van der Waals surface area contributed by atoms with E-state index in [-0.39, 0.29) is 6.10 Å². The number of aliphatic hydroxyl groups excluding tert-OH is 1. The topological polar surface area (TPSA) is 32.7 Å². The summed E-state index contributed by atoms with van der Waals surface area (Å²) in [5.41, 5.74) is 2.30. The molecule has 3 heteroatoms. The monoisotopic (exact) mass is 223 g/mol. The van der Waals surface area contributed by atoms with E-state index < -0.39 is 0 Å². The van der Waals surface area contributed by atoms with Crippen molar-refractivity contribution in [3.05, 3.63) is 29.3 Å². The Morgan fingerprint density at radius 1 is 1.38 bits per heavy atom. The molecule has 0 bridgehead atoms. The molecule has 0 radical (unpaired) electrons. The van der Waals surface area contributed by atoms with Gasteiger partial charge in [-0.1, -0.05) is 12.1 Å². The van der Waals surface area contributed by atoms with Crippen molar-refractivity contribution in [3.63, 3.8) is 0 Å². The predicted molar refractivity (Wildman–Crippen MR) is 65.8 cm³/mol. The van der Waals surface area contributed by atoms with E-state index in [0.717, 1.165) is 23.4 Å². The average molecular weight is 223 g/mol. The fourth-order valence-electron chi connectivity index (χ4n) is 1.76. The fraction of sp³-hybridized carbons (Fsp3) is 0.538. The second-order valence-corrected chi connectivity index (χ2v) is 4.44. The first-order valence-corrected chi connectivity index (χ1v) is 5.51. The molecule has 0 unspecified atom stereocenters. The van der Waals surface area contributed by atoms with Gasteiger partial charge in [0.15, 0.2) is 0 Å². The van der Waals surface area contributed by atoms with Crippen LogP contribution in [0.25, 0.3) is 0 Å². The second-order valence-electron chi connectivity index (χ2n) is 4.44. The van der Waals surface area contributed by atoms with Crippen LogP contribution in [0.2, 0.25) is 0 Å². The van der Waals surface area contributed by atoms with Gasteiger partial charge in [-0.25, -0.2) is 0 Å². The average Bonchev–Trinajstić information content (AvgIpc) is 2.16. The third-order valence-corrected chi connectivity index (χ3v) is 2.36. The maximum Gasteiger partial charge on any atom is 0.123 e.